The third kappa shape index (κ3) is 4.84. The summed E-state index contributed by atoms with van der Waals surface area (Å²) in [4.78, 5) is 16.0. The van der Waals surface area contributed by atoms with Gasteiger partial charge in [-0.05, 0) is 102 Å². The van der Waals surface area contributed by atoms with Crippen LogP contribution in [0.5, 0.6) is 0 Å². The van der Waals surface area contributed by atoms with Gasteiger partial charge in [-0.1, -0.05) is 6.07 Å². The van der Waals surface area contributed by atoms with E-state index >= 15 is 0 Å². The van der Waals surface area contributed by atoms with Crippen LogP contribution in [-0.2, 0) is 17.5 Å². The van der Waals surface area contributed by atoms with Crippen LogP contribution in [0.25, 0.3) is 0 Å². The molecule has 1 aliphatic heterocycles. The van der Waals surface area contributed by atoms with Gasteiger partial charge in [-0.3, -0.25) is 0 Å². The van der Waals surface area contributed by atoms with Crippen LogP contribution in [0.15, 0.2) is 41.0 Å². The molecule has 2 aromatic heterocycles. The minimum Gasteiger partial charge on any atom is -0.324 e. The van der Waals surface area contributed by atoms with Gasteiger partial charge in [0.05, 0.1) is 4.47 Å². The van der Waals surface area contributed by atoms with Gasteiger partial charge in [0.2, 0.25) is 5.95 Å². The first kappa shape index (κ1) is 22.5. The largest absolute Gasteiger partial charge is 0.324 e. The number of anilines is 4. The van der Waals surface area contributed by atoms with Crippen LogP contribution >= 0.6 is 23.1 Å². The van der Waals surface area contributed by atoms with E-state index in [1.165, 1.54) is 24.0 Å². The summed E-state index contributed by atoms with van der Waals surface area (Å²) < 4.78 is 13.1. The lowest BCUT2D eigenvalue weighted by molar-refractivity contribution is 0.266. The number of rotatable bonds is 5. The zero-order valence-corrected chi connectivity index (χ0v) is 21.6. The van der Waals surface area contributed by atoms with Gasteiger partial charge in [0.1, 0.15) is 18.4 Å². The number of hydrogen-bond acceptors (Lipinski definition) is 7. The Labute approximate surface area is 202 Å². The number of halogens is 1. The fraction of sp³-hybridized carbons (Fsp3) is 0.375. The average molecular weight is 527 g/mol. The molecular weight excluding hydrogens is 499 g/mol. The Morgan fingerprint density at radius 1 is 1.15 bits per heavy atom. The van der Waals surface area contributed by atoms with Gasteiger partial charge in [0.15, 0.2) is 5.82 Å². The summed E-state index contributed by atoms with van der Waals surface area (Å²) in [5, 5.41) is 6.63. The van der Waals surface area contributed by atoms with Crippen molar-refractivity contribution < 1.29 is 4.57 Å². The molecule has 0 fully saturated rings. The lowest BCUT2D eigenvalue weighted by Crippen LogP contribution is -2.33. The van der Waals surface area contributed by atoms with Crippen LogP contribution in [0.2, 0.25) is 0 Å². The van der Waals surface area contributed by atoms with E-state index in [9.17, 15) is 4.57 Å². The second kappa shape index (κ2) is 8.82. The van der Waals surface area contributed by atoms with Crippen LogP contribution in [0.4, 0.5) is 23.3 Å². The summed E-state index contributed by atoms with van der Waals surface area (Å²) in [6.45, 7) is 5.56. The lowest BCUT2D eigenvalue weighted by atomic mass is 9.77. The van der Waals surface area contributed by atoms with Crippen molar-refractivity contribution in [3.8, 4) is 0 Å². The maximum absolute atomic E-state index is 12.4. The molecule has 1 atom stereocenters. The number of nitrogens with one attached hydrogen (secondary N) is 2. The first-order valence-corrected chi connectivity index (χ1v) is 14.6. The molecule has 1 aromatic carbocycles. The van der Waals surface area contributed by atoms with Crippen LogP contribution in [0.1, 0.15) is 35.4 Å². The molecule has 0 radical (unpaired) electrons. The zero-order chi connectivity index (χ0) is 23.2. The van der Waals surface area contributed by atoms with E-state index in [1.807, 2.05) is 12.1 Å². The van der Waals surface area contributed by atoms with Gasteiger partial charge in [-0.2, -0.15) is 4.98 Å². The molecule has 0 spiro atoms. The minimum atomic E-state index is -2.45. The van der Waals surface area contributed by atoms with Gasteiger partial charge in [0.25, 0.3) is 0 Å². The highest BCUT2D eigenvalue weighted by molar-refractivity contribution is 9.10. The molecule has 0 bridgehead atoms. The molecule has 33 heavy (non-hydrogen) atoms. The topological polar surface area (TPSA) is 83.0 Å². The molecule has 0 saturated heterocycles. The first-order valence-electron chi connectivity index (χ1n) is 11.2. The highest BCUT2D eigenvalue weighted by Crippen LogP contribution is 2.40. The van der Waals surface area contributed by atoms with Crippen molar-refractivity contribution in [2.45, 2.75) is 31.7 Å². The number of pyridine rings is 1. The minimum absolute atomic E-state index is 0.511. The number of likely N-dealkylation sites (N-methyl/N-ethyl adjacent to an activating group) is 1. The summed E-state index contributed by atoms with van der Waals surface area (Å²) in [7, 11) is -0.250. The molecule has 2 aliphatic rings. The quantitative estimate of drug-likeness (QED) is 0.440. The smallest absolute Gasteiger partial charge is 0.229 e. The average Bonchev–Trinajstić information content (AvgIpc) is 2.75. The molecule has 1 aliphatic carbocycles. The Morgan fingerprint density at radius 3 is 2.79 bits per heavy atom. The highest BCUT2D eigenvalue weighted by Gasteiger charge is 2.29. The monoisotopic (exact) mass is 526 g/mol. The maximum Gasteiger partial charge on any atom is 0.229 e. The SMILES string of the molecule is CN1Cc2cc(Nc3ncc(Br)c(Nc4cccc(P(C)(C)=O)n4)n3)cc3c2C(CCC3)C1. The van der Waals surface area contributed by atoms with Crippen LogP contribution < -0.4 is 16.1 Å². The summed E-state index contributed by atoms with van der Waals surface area (Å²) in [6.07, 6.45) is 5.37. The highest BCUT2D eigenvalue weighted by atomic mass is 79.9. The molecule has 5 rings (SSSR count). The van der Waals surface area contributed by atoms with Crippen LogP contribution in [-0.4, -0.2) is 46.8 Å². The van der Waals surface area contributed by atoms with Gasteiger partial charge < -0.3 is 20.1 Å². The van der Waals surface area contributed by atoms with E-state index in [4.69, 9.17) is 0 Å². The fourth-order valence-electron chi connectivity index (χ4n) is 4.87. The Balaban J connectivity index is 1.42. The normalized spacial score (nSPS) is 18.0. The second-order valence-corrected chi connectivity index (χ2v) is 13.4. The number of aryl methyl sites for hydroxylation is 1. The van der Waals surface area contributed by atoms with Crippen LogP contribution in [0, 0.1) is 0 Å². The Kier molecular flexibility index (Phi) is 6.02. The Hall–Kier alpha value is -2.28. The van der Waals surface area contributed by atoms with Gasteiger partial charge in [0, 0.05) is 25.0 Å². The summed E-state index contributed by atoms with van der Waals surface area (Å²) in [5.41, 5.74) is 6.04. The Morgan fingerprint density at radius 2 is 1.97 bits per heavy atom. The van der Waals surface area contributed by atoms with Crippen molar-refractivity contribution in [2.24, 2.45) is 0 Å². The van der Waals surface area contributed by atoms with E-state index < -0.39 is 7.14 Å². The van der Waals surface area contributed by atoms with E-state index in [1.54, 1.807) is 31.2 Å². The molecule has 1 unspecified atom stereocenters. The molecule has 3 heterocycles. The molecule has 9 heteroatoms. The van der Waals surface area contributed by atoms with Crippen molar-refractivity contribution in [3.63, 3.8) is 0 Å². The number of benzene rings is 1. The number of nitrogens with zero attached hydrogens (tertiary/aromatic N) is 4. The molecule has 7 nitrogen and oxygen atoms in total. The van der Waals surface area contributed by atoms with Gasteiger partial charge in [-0.25, -0.2) is 9.97 Å². The van der Waals surface area contributed by atoms with E-state index in [0.29, 0.717) is 28.9 Å². The lowest BCUT2D eigenvalue weighted by Gasteiger charge is -2.37. The summed E-state index contributed by atoms with van der Waals surface area (Å²) in [6, 6.07) is 9.98. The van der Waals surface area contributed by atoms with Crippen LogP contribution in [0.3, 0.4) is 0 Å². The zero-order valence-electron chi connectivity index (χ0n) is 19.1. The summed E-state index contributed by atoms with van der Waals surface area (Å²) >= 11 is 3.52. The fourth-order valence-corrected chi connectivity index (χ4v) is 5.95. The number of aromatic nitrogens is 3. The van der Waals surface area contributed by atoms with Crippen molar-refractivity contribution in [1.29, 1.82) is 0 Å². The third-order valence-electron chi connectivity index (χ3n) is 6.26. The standard InChI is InChI=1S/C24H28BrN6OP/c1-31-13-16-7-4-6-15-10-18(11-17(14-31)22(15)16)27-24-26-12-19(25)23(30-24)29-20-8-5-9-21(28-20)33(2,3)32/h5,8-12,16H,4,6-7,13-14H2,1-3H3,(H2,26,27,28,29,30). The van der Waals surface area contributed by atoms with Crippen molar-refractivity contribution in [1.82, 2.24) is 19.9 Å². The molecule has 0 amide bonds. The molecule has 3 aromatic rings. The Bertz CT molecular complexity index is 1260. The number of hydrogen-bond donors (Lipinski definition) is 2. The molecule has 0 saturated carbocycles. The maximum atomic E-state index is 12.4. The van der Waals surface area contributed by atoms with Gasteiger partial charge >= 0.3 is 0 Å². The van der Waals surface area contributed by atoms with Gasteiger partial charge in [-0.15, -0.1) is 0 Å². The van der Waals surface area contributed by atoms with E-state index in [2.05, 4.69) is 65.6 Å². The molecular formula is C24H28BrN6OP. The summed E-state index contributed by atoms with van der Waals surface area (Å²) in [5.74, 6) is 2.35. The molecule has 172 valence electrons. The molecule has 2 N–H and O–H groups in total. The van der Waals surface area contributed by atoms with E-state index in [-0.39, 0.29) is 0 Å². The predicted octanol–water partition coefficient (Wildman–Crippen LogP) is 5.23. The van der Waals surface area contributed by atoms with Crippen molar-refractivity contribution in [2.75, 3.05) is 37.6 Å². The third-order valence-corrected chi connectivity index (χ3v) is 8.20. The van der Waals surface area contributed by atoms with E-state index in [0.717, 1.165) is 29.7 Å². The van der Waals surface area contributed by atoms with Crippen molar-refractivity contribution in [3.05, 3.63) is 57.7 Å². The second-order valence-electron chi connectivity index (χ2n) is 9.37. The predicted molar refractivity (Wildman–Crippen MR) is 138 cm³/mol. The van der Waals surface area contributed by atoms with Crippen molar-refractivity contribution >= 4 is 51.8 Å². The first-order chi connectivity index (χ1) is 15.8.